The summed E-state index contributed by atoms with van der Waals surface area (Å²) in [6.45, 7) is 4.89. The maximum atomic E-state index is 12.6. The van der Waals surface area contributed by atoms with E-state index in [-0.39, 0.29) is 17.5 Å². The van der Waals surface area contributed by atoms with Gasteiger partial charge in [0.15, 0.2) is 0 Å². The molecule has 1 fully saturated rings. The third-order valence-corrected chi connectivity index (χ3v) is 7.81. The van der Waals surface area contributed by atoms with Crippen LogP contribution < -0.4 is 0 Å². The molecule has 1 aliphatic heterocycles. The Morgan fingerprint density at radius 3 is 2.68 bits per heavy atom. The second-order valence-corrected chi connectivity index (χ2v) is 9.66. The van der Waals surface area contributed by atoms with Gasteiger partial charge in [0.1, 0.15) is 17.8 Å². The number of aryl methyl sites for hydroxylation is 1. The summed E-state index contributed by atoms with van der Waals surface area (Å²) in [5.74, 6) is 1.88. The van der Waals surface area contributed by atoms with Crippen LogP contribution in [-0.2, 0) is 23.1 Å². The number of fused-ring (bicyclic) bond motifs is 1. The predicted molar refractivity (Wildman–Crippen MR) is 122 cm³/mol. The molecule has 6 heteroatoms. The van der Waals surface area contributed by atoms with E-state index in [9.17, 15) is 4.79 Å². The van der Waals surface area contributed by atoms with Crippen molar-refractivity contribution < 1.29 is 9.53 Å². The summed E-state index contributed by atoms with van der Waals surface area (Å²) in [6.07, 6.45) is 9.06. The molecule has 31 heavy (non-hydrogen) atoms. The molecule has 1 saturated carbocycles. The van der Waals surface area contributed by atoms with Gasteiger partial charge in [-0.15, -0.1) is 21.5 Å². The van der Waals surface area contributed by atoms with Gasteiger partial charge in [-0.25, -0.2) is 4.79 Å². The molecule has 0 amide bonds. The number of hydrogen-bond acceptors (Lipinski definition) is 5. The highest BCUT2D eigenvalue weighted by atomic mass is 32.1. The average molecular weight is 434 g/mol. The number of carbonyl (C=O) groups excluding carboxylic acids is 1. The minimum Gasteiger partial charge on any atom is -0.459 e. The van der Waals surface area contributed by atoms with Crippen molar-refractivity contribution in [3.05, 3.63) is 76.0 Å². The molecule has 0 saturated heterocycles. The van der Waals surface area contributed by atoms with Gasteiger partial charge in [0.05, 0.1) is 11.0 Å². The molecule has 0 unspecified atom stereocenters. The second-order valence-electron chi connectivity index (χ2n) is 8.55. The topological polar surface area (TPSA) is 57.0 Å². The van der Waals surface area contributed by atoms with Gasteiger partial charge in [0.2, 0.25) is 0 Å². The number of benzene rings is 1. The summed E-state index contributed by atoms with van der Waals surface area (Å²) in [6, 6.07) is 13.5. The normalized spacial score (nSPS) is 23.2. The third-order valence-electron chi connectivity index (χ3n) is 6.52. The summed E-state index contributed by atoms with van der Waals surface area (Å²) in [4.78, 5) is 15.0. The zero-order chi connectivity index (χ0) is 21.3. The summed E-state index contributed by atoms with van der Waals surface area (Å²) >= 11 is 1.75. The predicted octanol–water partition coefficient (Wildman–Crippen LogP) is 5.40. The Morgan fingerprint density at radius 1 is 1.10 bits per heavy atom. The largest absolute Gasteiger partial charge is 0.459 e. The first-order valence-electron chi connectivity index (χ1n) is 11.1. The van der Waals surface area contributed by atoms with Crippen LogP contribution in [0, 0.1) is 0 Å². The molecule has 0 atom stereocenters. The van der Waals surface area contributed by atoms with E-state index >= 15 is 0 Å². The maximum absolute atomic E-state index is 12.6. The molecule has 0 N–H and O–H groups in total. The second kappa shape index (κ2) is 8.42. The third kappa shape index (κ3) is 3.74. The number of rotatable bonds is 5. The van der Waals surface area contributed by atoms with E-state index < -0.39 is 0 Å². The van der Waals surface area contributed by atoms with Crippen molar-refractivity contribution in [1.29, 1.82) is 0 Å². The van der Waals surface area contributed by atoms with Gasteiger partial charge >= 0.3 is 5.97 Å². The number of esters is 1. The quantitative estimate of drug-likeness (QED) is 0.505. The van der Waals surface area contributed by atoms with E-state index in [1.54, 1.807) is 23.5 Å². The smallest absolute Gasteiger partial charge is 0.338 e. The Morgan fingerprint density at radius 2 is 1.90 bits per heavy atom. The van der Waals surface area contributed by atoms with Crippen molar-refractivity contribution in [2.75, 3.05) is 0 Å². The number of carbonyl (C=O) groups is 1. The van der Waals surface area contributed by atoms with Crippen LogP contribution in [0.1, 0.15) is 70.3 Å². The van der Waals surface area contributed by atoms with Crippen molar-refractivity contribution in [3.63, 3.8) is 0 Å². The lowest BCUT2D eigenvalue weighted by atomic mass is 9.65. The molecule has 0 bridgehead atoms. The molecular weight excluding hydrogens is 406 g/mol. The lowest BCUT2D eigenvalue weighted by Crippen LogP contribution is -2.49. The van der Waals surface area contributed by atoms with Crippen LogP contribution in [0.3, 0.4) is 0 Å². The van der Waals surface area contributed by atoms with Gasteiger partial charge in [-0.3, -0.25) is 0 Å². The molecule has 3 aromatic rings. The van der Waals surface area contributed by atoms with Crippen LogP contribution in [0.4, 0.5) is 0 Å². The minimum atomic E-state index is -0.256. The van der Waals surface area contributed by atoms with E-state index in [0.717, 1.165) is 48.8 Å². The first-order chi connectivity index (χ1) is 15.2. The van der Waals surface area contributed by atoms with Gasteiger partial charge in [-0.1, -0.05) is 43.7 Å². The average Bonchev–Trinajstić information content (AvgIpc) is 3.38. The highest BCUT2D eigenvalue weighted by Crippen LogP contribution is 2.52. The summed E-state index contributed by atoms with van der Waals surface area (Å²) in [7, 11) is 0. The van der Waals surface area contributed by atoms with E-state index in [1.807, 2.05) is 24.3 Å². The number of ether oxygens (including phenoxy) is 1. The molecule has 0 radical (unpaired) electrons. The lowest BCUT2D eigenvalue weighted by Gasteiger charge is -2.45. The highest BCUT2D eigenvalue weighted by molar-refractivity contribution is 7.13. The van der Waals surface area contributed by atoms with Crippen molar-refractivity contribution >= 4 is 23.4 Å². The van der Waals surface area contributed by atoms with Crippen LogP contribution in [0.5, 0.6) is 0 Å². The van der Waals surface area contributed by atoms with Gasteiger partial charge in [0.25, 0.3) is 0 Å². The molecule has 0 spiro atoms. The lowest BCUT2D eigenvalue weighted by molar-refractivity contribution is -0.0153. The first kappa shape index (κ1) is 20.2. The highest BCUT2D eigenvalue weighted by Gasteiger charge is 2.53. The zero-order valence-electron chi connectivity index (χ0n) is 17.6. The Balaban J connectivity index is 1.44. The fourth-order valence-electron chi connectivity index (χ4n) is 4.82. The van der Waals surface area contributed by atoms with E-state index in [2.05, 4.69) is 28.4 Å². The van der Waals surface area contributed by atoms with Crippen molar-refractivity contribution in [1.82, 2.24) is 14.8 Å². The number of aromatic nitrogens is 3. The molecule has 3 heterocycles. The van der Waals surface area contributed by atoms with Crippen LogP contribution >= 0.6 is 11.3 Å². The molecule has 2 aromatic heterocycles. The van der Waals surface area contributed by atoms with Crippen LogP contribution in [0.15, 0.2) is 49.0 Å². The Kier molecular flexibility index (Phi) is 5.48. The van der Waals surface area contributed by atoms with Crippen molar-refractivity contribution in [2.45, 2.75) is 63.0 Å². The summed E-state index contributed by atoms with van der Waals surface area (Å²) in [5, 5.41) is 9.29. The SMILES string of the molecule is C=Cc1ccc(C2(c3nnc4n3CCCCCC4)CC(OC(=O)c3ccccc3)C2)s1. The number of nitrogens with zero attached hydrogens (tertiary/aromatic N) is 3. The minimum absolute atomic E-state index is 0.122. The Labute approximate surface area is 186 Å². The monoisotopic (exact) mass is 433 g/mol. The van der Waals surface area contributed by atoms with Gasteiger partial charge in [0, 0.05) is 35.6 Å². The standard InChI is InChI=1S/C25H27N3O2S/c1-2-20-13-14-21(31-20)25(24-27-26-22-12-8-3-4-9-15-28(22)24)16-19(17-25)30-23(29)18-10-6-5-7-11-18/h2,5-7,10-11,13-14,19H,1,3-4,8-9,12,15-17H2. The van der Waals surface area contributed by atoms with Crippen molar-refractivity contribution in [3.8, 4) is 0 Å². The Bertz CT molecular complexity index is 1080. The van der Waals surface area contributed by atoms with E-state index in [1.165, 1.54) is 24.1 Å². The number of thiophene rings is 1. The van der Waals surface area contributed by atoms with Crippen LogP contribution in [0.2, 0.25) is 0 Å². The number of hydrogen-bond donors (Lipinski definition) is 0. The molecule has 5 rings (SSSR count). The maximum Gasteiger partial charge on any atom is 0.338 e. The fourth-order valence-corrected chi connectivity index (χ4v) is 5.89. The van der Waals surface area contributed by atoms with E-state index in [0.29, 0.717) is 5.56 Å². The van der Waals surface area contributed by atoms with Crippen molar-refractivity contribution in [2.24, 2.45) is 0 Å². The Hall–Kier alpha value is -2.73. The molecule has 2 aliphatic rings. The first-order valence-corrected chi connectivity index (χ1v) is 11.9. The fraction of sp³-hybridized carbons (Fsp3) is 0.400. The zero-order valence-corrected chi connectivity index (χ0v) is 18.4. The molecule has 1 aliphatic carbocycles. The van der Waals surface area contributed by atoms with Gasteiger partial charge in [-0.2, -0.15) is 0 Å². The summed E-state index contributed by atoms with van der Waals surface area (Å²) in [5.41, 5.74) is 0.343. The van der Waals surface area contributed by atoms with Gasteiger partial charge < -0.3 is 9.30 Å². The molecule has 160 valence electrons. The molecule has 5 nitrogen and oxygen atoms in total. The molecular formula is C25H27N3O2S. The van der Waals surface area contributed by atoms with Crippen LogP contribution in [0.25, 0.3) is 6.08 Å². The van der Waals surface area contributed by atoms with Gasteiger partial charge in [-0.05, 0) is 37.1 Å². The molecule has 1 aromatic carbocycles. The summed E-state index contributed by atoms with van der Waals surface area (Å²) < 4.78 is 8.21. The van der Waals surface area contributed by atoms with E-state index in [4.69, 9.17) is 9.84 Å². The van der Waals surface area contributed by atoms with Crippen LogP contribution in [-0.4, -0.2) is 26.8 Å².